The van der Waals surface area contributed by atoms with Crippen LogP contribution in [0, 0.1) is 5.82 Å². The van der Waals surface area contributed by atoms with Crippen LogP contribution in [0.15, 0.2) is 18.5 Å². The minimum atomic E-state index is -0.628. The lowest BCUT2D eigenvalue weighted by molar-refractivity contribution is -0.142. The largest absolute Gasteiger partial charge is 0.343 e. The molecule has 0 aliphatic carbocycles. The zero-order valence-electron chi connectivity index (χ0n) is 11.8. The molecule has 1 aromatic heterocycles. The van der Waals surface area contributed by atoms with E-state index in [4.69, 9.17) is 0 Å². The minimum Gasteiger partial charge on any atom is -0.343 e. The molecule has 0 saturated carbocycles. The van der Waals surface area contributed by atoms with Gasteiger partial charge in [-0.05, 0) is 6.07 Å². The molecule has 0 bridgehead atoms. The molecule has 2 amide bonds. The Morgan fingerprint density at radius 3 is 2.86 bits per heavy atom. The monoisotopic (exact) mass is 292 g/mol. The molecule has 21 heavy (non-hydrogen) atoms. The minimum absolute atomic E-state index is 0.00932. The number of piperazine rings is 2. The van der Waals surface area contributed by atoms with Gasteiger partial charge in [-0.1, -0.05) is 0 Å². The highest BCUT2D eigenvalue weighted by molar-refractivity contribution is 5.95. The van der Waals surface area contributed by atoms with E-state index in [2.05, 4.69) is 9.88 Å². The van der Waals surface area contributed by atoms with Gasteiger partial charge in [-0.3, -0.25) is 19.5 Å². The summed E-state index contributed by atoms with van der Waals surface area (Å²) in [6.07, 6.45) is 2.43. The van der Waals surface area contributed by atoms with Gasteiger partial charge in [0.25, 0.3) is 5.91 Å². The lowest BCUT2D eigenvalue weighted by Gasteiger charge is -2.45. The molecule has 2 aliphatic rings. The SMILES string of the molecule is CN1CCN2CCN(C(=O)c3ccncc3F)C[C@H]2C1=O. The summed E-state index contributed by atoms with van der Waals surface area (Å²) >= 11 is 0. The Morgan fingerprint density at radius 2 is 2.10 bits per heavy atom. The number of amides is 2. The van der Waals surface area contributed by atoms with Crippen LogP contribution in [0.3, 0.4) is 0 Å². The van der Waals surface area contributed by atoms with Gasteiger partial charge in [-0.25, -0.2) is 4.39 Å². The average molecular weight is 292 g/mol. The quantitative estimate of drug-likeness (QED) is 0.720. The van der Waals surface area contributed by atoms with Crippen LogP contribution in [-0.2, 0) is 4.79 Å². The first-order valence-corrected chi connectivity index (χ1v) is 6.96. The van der Waals surface area contributed by atoms with Crippen LogP contribution < -0.4 is 0 Å². The fourth-order valence-electron chi connectivity index (χ4n) is 2.87. The number of carbonyl (C=O) groups excluding carboxylic acids is 2. The van der Waals surface area contributed by atoms with Crippen LogP contribution in [0.1, 0.15) is 10.4 Å². The maximum Gasteiger partial charge on any atom is 0.257 e. The molecule has 2 fully saturated rings. The third-order valence-electron chi connectivity index (χ3n) is 4.17. The van der Waals surface area contributed by atoms with Crippen LogP contribution in [0.4, 0.5) is 4.39 Å². The predicted molar refractivity (Wildman–Crippen MR) is 73.1 cm³/mol. The number of likely N-dealkylation sites (N-methyl/N-ethyl adjacent to an activating group) is 1. The van der Waals surface area contributed by atoms with E-state index in [0.717, 1.165) is 12.7 Å². The molecule has 3 heterocycles. The van der Waals surface area contributed by atoms with E-state index in [9.17, 15) is 14.0 Å². The first kappa shape index (κ1) is 13.9. The summed E-state index contributed by atoms with van der Waals surface area (Å²) in [5, 5.41) is 0. The second-order valence-electron chi connectivity index (χ2n) is 5.42. The number of carbonyl (C=O) groups is 2. The van der Waals surface area contributed by atoms with E-state index in [-0.39, 0.29) is 23.4 Å². The number of pyridine rings is 1. The van der Waals surface area contributed by atoms with Crippen LogP contribution in [-0.4, -0.2) is 77.3 Å². The third kappa shape index (κ3) is 2.49. The smallest absolute Gasteiger partial charge is 0.257 e. The molecular weight excluding hydrogens is 275 g/mol. The van der Waals surface area contributed by atoms with Crippen molar-refractivity contribution in [2.45, 2.75) is 6.04 Å². The van der Waals surface area contributed by atoms with Crippen molar-refractivity contribution in [1.82, 2.24) is 19.7 Å². The van der Waals surface area contributed by atoms with Gasteiger partial charge in [0.2, 0.25) is 5.91 Å². The molecule has 3 rings (SSSR count). The molecular formula is C14H17FN4O2. The number of rotatable bonds is 1. The van der Waals surface area contributed by atoms with E-state index in [1.807, 2.05) is 0 Å². The molecule has 0 unspecified atom stereocenters. The van der Waals surface area contributed by atoms with Gasteiger partial charge < -0.3 is 9.80 Å². The Balaban J connectivity index is 1.77. The van der Waals surface area contributed by atoms with Crippen LogP contribution in [0.2, 0.25) is 0 Å². The summed E-state index contributed by atoms with van der Waals surface area (Å²) in [6, 6.07) is 1.06. The van der Waals surface area contributed by atoms with Gasteiger partial charge in [0, 0.05) is 46.0 Å². The predicted octanol–water partition coefficient (Wildman–Crippen LogP) is -0.181. The Kier molecular flexibility index (Phi) is 3.59. The van der Waals surface area contributed by atoms with E-state index in [1.54, 1.807) is 16.8 Å². The molecule has 1 atom stereocenters. The standard InChI is InChI=1S/C14H17FN4O2/c1-17-4-5-18-6-7-19(9-12(18)14(17)21)13(20)10-2-3-16-8-11(10)15/h2-3,8,12H,4-7,9H2,1H3/t12-/m0/s1. The summed E-state index contributed by atoms with van der Waals surface area (Å²) in [5.74, 6) is -0.985. The van der Waals surface area contributed by atoms with Crippen molar-refractivity contribution < 1.29 is 14.0 Å². The van der Waals surface area contributed by atoms with Crippen LogP contribution in [0.25, 0.3) is 0 Å². The second-order valence-corrected chi connectivity index (χ2v) is 5.42. The van der Waals surface area contributed by atoms with Crippen molar-refractivity contribution in [2.24, 2.45) is 0 Å². The second kappa shape index (κ2) is 5.40. The molecule has 2 saturated heterocycles. The molecule has 112 valence electrons. The number of aromatic nitrogens is 1. The summed E-state index contributed by atoms with van der Waals surface area (Å²) in [4.78, 5) is 33.6. The maximum atomic E-state index is 13.7. The molecule has 0 spiro atoms. The summed E-state index contributed by atoms with van der Waals surface area (Å²) in [6.45, 7) is 2.99. The third-order valence-corrected chi connectivity index (χ3v) is 4.17. The van der Waals surface area contributed by atoms with Gasteiger partial charge in [-0.15, -0.1) is 0 Å². The average Bonchev–Trinajstić information content (AvgIpc) is 2.50. The van der Waals surface area contributed by atoms with E-state index < -0.39 is 5.82 Å². The first-order valence-electron chi connectivity index (χ1n) is 6.96. The lowest BCUT2D eigenvalue weighted by Crippen LogP contribution is -2.64. The van der Waals surface area contributed by atoms with E-state index in [0.29, 0.717) is 26.2 Å². The summed E-state index contributed by atoms with van der Waals surface area (Å²) < 4.78 is 13.7. The fraction of sp³-hybridized carbons (Fsp3) is 0.500. The normalized spacial score (nSPS) is 23.1. The Hall–Kier alpha value is -2.02. The number of halogens is 1. The Morgan fingerprint density at radius 1 is 1.33 bits per heavy atom. The number of hydrogen-bond acceptors (Lipinski definition) is 4. The van der Waals surface area contributed by atoms with Gasteiger partial charge in [0.05, 0.1) is 11.8 Å². The van der Waals surface area contributed by atoms with Gasteiger partial charge in [0.1, 0.15) is 6.04 Å². The Bertz CT molecular complexity index is 580. The molecule has 6 nitrogen and oxygen atoms in total. The van der Waals surface area contributed by atoms with Gasteiger partial charge in [-0.2, -0.15) is 0 Å². The zero-order valence-corrected chi connectivity index (χ0v) is 11.8. The summed E-state index contributed by atoms with van der Waals surface area (Å²) in [7, 11) is 1.77. The lowest BCUT2D eigenvalue weighted by atomic mass is 10.1. The van der Waals surface area contributed by atoms with E-state index >= 15 is 0 Å². The highest BCUT2D eigenvalue weighted by atomic mass is 19.1. The maximum absolute atomic E-state index is 13.7. The topological polar surface area (TPSA) is 56.8 Å². The molecule has 0 radical (unpaired) electrons. The molecule has 0 aromatic carbocycles. The van der Waals surface area contributed by atoms with Crippen molar-refractivity contribution in [2.75, 3.05) is 39.8 Å². The molecule has 7 heteroatoms. The molecule has 2 aliphatic heterocycles. The molecule has 0 N–H and O–H groups in total. The van der Waals surface area contributed by atoms with Gasteiger partial charge >= 0.3 is 0 Å². The number of fused-ring (bicyclic) bond motifs is 1. The molecule has 1 aromatic rings. The van der Waals surface area contributed by atoms with Crippen molar-refractivity contribution in [3.05, 3.63) is 29.8 Å². The zero-order chi connectivity index (χ0) is 15.0. The number of hydrogen-bond donors (Lipinski definition) is 0. The van der Waals surface area contributed by atoms with Crippen molar-refractivity contribution in [3.8, 4) is 0 Å². The van der Waals surface area contributed by atoms with Crippen LogP contribution in [0.5, 0.6) is 0 Å². The Labute approximate surface area is 122 Å². The van der Waals surface area contributed by atoms with Crippen molar-refractivity contribution >= 4 is 11.8 Å². The van der Waals surface area contributed by atoms with Crippen LogP contribution >= 0.6 is 0 Å². The van der Waals surface area contributed by atoms with Crippen molar-refractivity contribution in [3.63, 3.8) is 0 Å². The summed E-state index contributed by atoms with van der Waals surface area (Å²) in [5.41, 5.74) is 0.00932. The first-order chi connectivity index (χ1) is 10.1. The highest BCUT2D eigenvalue weighted by Crippen LogP contribution is 2.18. The van der Waals surface area contributed by atoms with Gasteiger partial charge in [0.15, 0.2) is 5.82 Å². The highest BCUT2D eigenvalue weighted by Gasteiger charge is 2.38. The fourth-order valence-corrected chi connectivity index (χ4v) is 2.87. The number of nitrogens with zero attached hydrogens (tertiary/aromatic N) is 4. The van der Waals surface area contributed by atoms with E-state index in [1.165, 1.54) is 12.3 Å². The van der Waals surface area contributed by atoms with Crippen molar-refractivity contribution in [1.29, 1.82) is 0 Å².